The minimum atomic E-state index is 0.595. The second-order valence-electron chi connectivity index (χ2n) is 4.41. The van der Waals surface area contributed by atoms with Crippen molar-refractivity contribution in [3.63, 3.8) is 0 Å². The highest BCUT2D eigenvalue weighted by Crippen LogP contribution is 2.17. The van der Waals surface area contributed by atoms with E-state index in [0.717, 1.165) is 18.2 Å². The van der Waals surface area contributed by atoms with Crippen LogP contribution in [0.5, 0.6) is 0 Å². The van der Waals surface area contributed by atoms with Crippen molar-refractivity contribution < 1.29 is 0 Å². The van der Waals surface area contributed by atoms with Gasteiger partial charge < -0.3 is 0 Å². The summed E-state index contributed by atoms with van der Waals surface area (Å²) in [7, 11) is 0. The first-order valence-corrected chi connectivity index (χ1v) is 5.95. The maximum Gasteiger partial charge on any atom is 0.129 e. The SMILES string of the molecule is CC1CCN(Cc2cccc(Cl)n2)CC1. The molecule has 3 heteroatoms. The molecule has 0 aromatic carbocycles. The Bertz CT molecular complexity index is 319. The van der Waals surface area contributed by atoms with Crippen molar-refractivity contribution in [2.24, 2.45) is 5.92 Å². The van der Waals surface area contributed by atoms with Gasteiger partial charge in [0.05, 0.1) is 5.69 Å². The van der Waals surface area contributed by atoms with Gasteiger partial charge >= 0.3 is 0 Å². The van der Waals surface area contributed by atoms with Gasteiger partial charge in [0, 0.05) is 6.54 Å². The molecule has 82 valence electrons. The Labute approximate surface area is 96.3 Å². The summed E-state index contributed by atoms with van der Waals surface area (Å²) in [5.41, 5.74) is 1.08. The number of aromatic nitrogens is 1. The lowest BCUT2D eigenvalue weighted by Gasteiger charge is -2.29. The lowest BCUT2D eigenvalue weighted by Crippen LogP contribution is -2.32. The van der Waals surface area contributed by atoms with Gasteiger partial charge in [0.15, 0.2) is 0 Å². The molecule has 0 unspecified atom stereocenters. The molecule has 0 spiro atoms. The van der Waals surface area contributed by atoms with Gasteiger partial charge in [-0.05, 0) is 44.0 Å². The molecule has 0 saturated carbocycles. The van der Waals surface area contributed by atoms with Crippen molar-refractivity contribution in [3.8, 4) is 0 Å². The highest BCUT2D eigenvalue weighted by Gasteiger charge is 2.15. The Hall–Kier alpha value is -0.600. The van der Waals surface area contributed by atoms with Crippen molar-refractivity contribution in [2.45, 2.75) is 26.3 Å². The third-order valence-corrected chi connectivity index (χ3v) is 3.25. The quantitative estimate of drug-likeness (QED) is 0.719. The zero-order valence-corrected chi connectivity index (χ0v) is 9.87. The van der Waals surface area contributed by atoms with Crippen LogP contribution in [0.3, 0.4) is 0 Å². The van der Waals surface area contributed by atoms with Crippen molar-refractivity contribution >= 4 is 11.6 Å². The molecular formula is C12H17ClN2. The molecule has 1 saturated heterocycles. The molecule has 1 fully saturated rings. The predicted octanol–water partition coefficient (Wildman–Crippen LogP) is 2.97. The average molecular weight is 225 g/mol. The normalized spacial score (nSPS) is 19.3. The smallest absolute Gasteiger partial charge is 0.129 e. The van der Waals surface area contributed by atoms with E-state index < -0.39 is 0 Å². The van der Waals surface area contributed by atoms with E-state index >= 15 is 0 Å². The number of piperidine rings is 1. The van der Waals surface area contributed by atoms with E-state index in [0.29, 0.717) is 5.15 Å². The number of hydrogen-bond acceptors (Lipinski definition) is 2. The second-order valence-corrected chi connectivity index (χ2v) is 4.80. The Kier molecular flexibility index (Phi) is 3.60. The summed E-state index contributed by atoms with van der Waals surface area (Å²) in [4.78, 5) is 6.77. The molecule has 2 heterocycles. The molecule has 1 aromatic heterocycles. The van der Waals surface area contributed by atoms with E-state index in [2.05, 4.69) is 16.8 Å². The molecule has 0 bridgehead atoms. The molecule has 2 nitrogen and oxygen atoms in total. The van der Waals surface area contributed by atoms with Crippen LogP contribution < -0.4 is 0 Å². The van der Waals surface area contributed by atoms with Crippen LogP contribution in [0.4, 0.5) is 0 Å². The average Bonchev–Trinajstić information content (AvgIpc) is 2.22. The van der Waals surface area contributed by atoms with Gasteiger partial charge in [-0.2, -0.15) is 0 Å². The third-order valence-electron chi connectivity index (χ3n) is 3.03. The topological polar surface area (TPSA) is 16.1 Å². The van der Waals surface area contributed by atoms with E-state index in [4.69, 9.17) is 11.6 Å². The molecule has 0 amide bonds. The zero-order chi connectivity index (χ0) is 10.7. The van der Waals surface area contributed by atoms with Crippen LogP contribution in [-0.4, -0.2) is 23.0 Å². The Morgan fingerprint density at radius 1 is 1.40 bits per heavy atom. The van der Waals surface area contributed by atoms with Crippen molar-refractivity contribution in [2.75, 3.05) is 13.1 Å². The van der Waals surface area contributed by atoms with Crippen LogP contribution in [-0.2, 0) is 6.54 Å². The largest absolute Gasteiger partial charge is 0.297 e. The summed E-state index contributed by atoms with van der Waals surface area (Å²) < 4.78 is 0. The summed E-state index contributed by atoms with van der Waals surface area (Å²) in [6, 6.07) is 5.84. The monoisotopic (exact) mass is 224 g/mol. The van der Waals surface area contributed by atoms with Gasteiger partial charge in [0.25, 0.3) is 0 Å². The number of pyridine rings is 1. The van der Waals surface area contributed by atoms with Gasteiger partial charge in [0.1, 0.15) is 5.15 Å². The van der Waals surface area contributed by atoms with Gasteiger partial charge in [-0.15, -0.1) is 0 Å². The number of rotatable bonds is 2. The van der Waals surface area contributed by atoms with Crippen molar-refractivity contribution in [1.29, 1.82) is 0 Å². The number of hydrogen-bond donors (Lipinski definition) is 0. The molecule has 1 aromatic rings. The van der Waals surface area contributed by atoms with Crippen LogP contribution in [0.25, 0.3) is 0 Å². The molecule has 0 radical (unpaired) electrons. The first kappa shape index (κ1) is 10.9. The van der Waals surface area contributed by atoms with Gasteiger partial charge in [-0.3, -0.25) is 4.90 Å². The maximum atomic E-state index is 5.86. The minimum Gasteiger partial charge on any atom is -0.297 e. The second kappa shape index (κ2) is 4.95. The fourth-order valence-corrected chi connectivity index (χ4v) is 2.17. The fourth-order valence-electron chi connectivity index (χ4n) is 1.99. The summed E-state index contributed by atoms with van der Waals surface area (Å²) in [6.45, 7) is 5.65. The fraction of sp³-hybridized carbons (Fsp3) is 0.583. The highest BCUT2D eigenvalue weighted by molar-refractivity contribution is 6.29. The lowest BCUT2D eigenvalue weighted by molar-refractivity contribution is 0.183. The highest BCUT2D eigenvalue weighted by atomic mass is 35.5. The number of likely N-dealkylation sites (tertiary alicyclic amines) is 1. The summed E-state index contributed by atoms with van der Waals surface area (Å²) in [5.74, 6) is 0.883. The van der Waals surface area contributed by atoms with Gasteiger partial charge in [0.2, 0.25) is 0 Å². The van der Waals surface area contributed by atoms with E-state index in [-0.39, 0.29) is 0 Å². The Morgan fingerprint density at radius 3 is 2.80 bits per heavy atom. The van der Waals surface area contributed by atoms with E-state index in [1.165, 1.54) is 25.9 Å². The minimum absolute atomic E-state index is 0.595. The van der Waals surface area contributed by atoms with E-state index in [1.807, 2.05) is 18.2 Å². The number of nitrogens with zero attached hydrogens (tertiary/aromatic N) is 2. The third kappa shape index (κ3) is 3.18. The van der Waals surface area contributed by atoms with E-state index in [9.17, 15) is 0 Å². The summed E-state index contributed by atoms with van der Waals surface area (Å²) in [5, 5.41) is 0.595. The number of halogens is 1. The Morgan fingerprint density at radius 2 is 2.13 bits per heavy atom. The molecular weight excluding hydrogens is 208 g/mol. The molecule has 15 heavy (non-hydrogen) atoms. The predicted molar refractivity (Wildman–Crippen MR) is 62.9 cm³/mol. The van der Waals surface area contributed by atoms with Gasteiger partial charge in [-0.25, -0.2) is 4.98 Å². The molecule has 1 aliphatic rings. The maximum absolute atomic E-state index is 5.86. The van der Waals surface area contributed by atoms with Crippen LogP contribution in [0.1, 0.15) is 25.5 Å². The summed E-state index contributed by atoms with van der Waals surface area (Å²) >= 11 is 5.86. The Balaban J connectivity index is 1.92. The van der Waals surface area contributed by atoms with Crippen molar-refractivity contribution in [1.82, 2.24) is 9.88 Å². The summed E-state index contributed by atoms with van der Waals surface area (Å²) in [6.07, 6.45) is 2.61. The van der Waals surface area contributed by atoms with Crippen molar-refractivity contribution in [3.05, 3.63) is 29.0 Å². The van der Waals surface area contributed by atoms with Crippen LogP contribution in [0.15, 0.2) is 18.2 Å². The molecule has 1 aliphatic heterocycles. The first-order chi connectivity index (χ1) is 7.24. The van der Waals surface area contributed by atoms with E-state index in [1.54, 1.807) is 0 Å². The molecule has 2 rings (SSSR count). The molecule has 0 aliphatic carbocycles. The first-order valence-electron chi connectivity index (χ1n) is 5.58. The van der Waals surface area contributed by atoms with Crippen LogP contribution in [0.2, 0.25) is 5.15 Å². The molecule has 0 N–H and O–H groups in total. The zero-order valence-electron chi connectivity index (χ0n) is 9.12. The van der Waals surface area contributed by atoms with Crippen LogP contribution in [0, 0.1) is 5.92 Å². The molecule has 0 atom stereocenters. The lowest BCUT2D eigenvalue weighted by atomic mass is 9.99. The van der Waals surface area contributed by atoms with Gasteiger partial charge in [-0.1, -0.05) is 24.6 Å². The standard InChI is InChI=1S/C12H17ClN2/c1-10-5-7-15(8-6-10)9-11-3-2-4-12(13)14-11/h2-4,10H,5-9H2,1H3. The van der Waals surface area contributed by atoms with Crippen LogP contribution >= 0.6 is 11.6 Å².